The van der Waals surface area contributed by atoms with E-state index in [9.17, 15) is 18.0 Å². The van der Waals surface area contributed by atoms with Crippen molar-refractivity contribution in [2.75, 3.05) is 18.4 Å². The molecule has 0 saturated carbocycles. The van der Waals surface area contributed by atoms with Gasteiger partial charge in [0.05, 0.1) is 10.4 Å². The average molecular weight is 427 g/mol. The Morgan fingerprint density at radius 3 is 2.40 bits per heavy atom. The van der Waals surface area contributed by atoms with E-state index in [4.69, 9.17) is 5.14 Å². The molecule has 2 aromatic carbocycles. The lowest BCUT2D eigenvalue weighted by molar-refractivity contribution is -0.121. The van der Waals surface area contributed by atoms with Crippen LogP contribution >= 0.6 is 0 Å². The highest BCUT2D eigenvalue weighted by Gasteiger charge is 2.29. The van der Waals surface area contributed by atoms with Crippen molar-refractivity contribution in [1.82, 2.24) is 15.1 Å². The molecule has 1 aromatic heterocycles. The number of hydrogen-bond donors (Lipinski definition) is 3. The van der Waals surface area contributed by atoms with E-state index >= 15 is 0 Å². The number of piperidine rings is 1. The summed E-state index contributed by atoms with van der Waals surface area (Å²) in [6, 6.07) is 13.2. The first-order chi connectivity index (χ1) is 14.3. The van der Waals surface area contributed by atoms with Crippen LogP contribution in [-0.2, 0) is 14.8 Å². The number of likely N-dealkylation sites (tertiary alicyclic amines) is 1. The molecule has 0 radical (unpaired) electrons. The van der Waals surface area contributed by atoms with Gasteiger partial charge in [-0.2, -0.15) is 5.10 Å². The number of fused-ring (bicyclic) bond motifs is 1. The van der Waals surface area contributed by atoms with Crippen LogP contribution in [0.1, 0.15) is 23.3 Å². The zero-order chi connectivity index (χ0) is 21.3. The molecule has 1 aliphatic rings. The van der Waals surface area contributed by atoms with Gasteiger partial charge >= 0.3 is 0 Å². The Morgan fingerprint density at radius 1 is 1.07 bits per heavy atom. The van der Waals surface area contributed by atoms with Gasteiger partial charge in [0.25, 0.3) is 5.91 Å². The van der Waals surface area contributed by atoms with Gasteiger partial charge in [-0.15, -0.1) is 0 Å². The Hall–Kier alpha value is -3.24. The second kappa shape index (κ2) is 7.88. The highest BCUT2D eigenvalue weighted by molar-refractivity contribution is 7.89. The molecule has 4 N–H and O–H groups in total. The number of nitrogens with two attached hydrogens (primary N) is 1. The topological polar surface area (TPSA) is 138 Å². The molecule has 10 heteroatoms. The van der Waals surface area contributed by atoms with E-state index in [-0.39, 0.29) is 22.6 Å². The number of rotatable bonds is 4. The van der Waals surface area contributed by atoms with Crippen molar-refractivity contribution in [3.05, 3.63) is 54.2 Å². The lowest BCUT2D eigenvalue weighted by Crippen LogP contribution is -2.41. The molecule has 0 atom stereocenters. The normalized spacial score (nSPS) is 15.3. The fourth-order valence-electron chi connectivity index (χ4n) is 3.59. The molecule has 156 valence electrons. The third-order valence-corrected chi connectivity index (χ3v) is 6.21. The Kier molecular flexibility index (Phi) is 5.27. The Labute approximate surface area is 173 Å². The van der Waals surface area contributed by atoms with Crippen molar-refractivity contribution in [2.45, 2.75) is 17.7 Å². The van der Waals surface area contributed by atoms with Gasteiger partial charge in [-0.3, -0.25) is 14.7 Å². The molecule has 0 aliphatic carbocycles. The van der Waals surface area contributed by atoms with Crippen molar-refractivity contribution in [1.29, 1.82) is 0 Å². The number of nitrogens with one attached hydrogen (secondary N) is 2. The Morgan fingerprint density at radius 2 is 1.73 bits per heavy atom. The summed E-state index contributed by atoms with van der Waals surface area (Å²) in [5.74, 6) is -0.538. The SMILES string of the molecule is NS(=O)(=O)c1ccc(NC(=O)C2CCN(C(=O)c3n[nH]c4ccccc34)CC2)cc1. The lowest BCUT2D eigenvalue weighted by atomic mass is 9.95. The van der Waals surface area contributed by atoms with Crippen LogP contribution in [0.3, 0.4) is 0 Å². The number of hydrogen-bond acceptors (Lipinski definition) is 5. The highest BCUT2D eigenvalue weighted by Crippen LogP contribution is 2.23. The minimum Gasteiger partial charge on any atom is -0.337 e. The van der Waals surface area contributed by atoms with E-state index in [1.807, 2.05) is 24.3 Å². The minimum atomic E-state index is -3.77. The number of carbonyl (C=O) groups excluding carboxylic acids is 2. The predicted molar refractivity (Wildman–Crippen MR) is 111 cm³/mol. The number of anilines is 1. The second-order valence-electron chi connectivity index (χ2n) is 7.24. The van der Waals surface area contributed by atoms with Gasteiger partial charge < -0.3 is 10.2 Å². The largest absolute Gasteiger partial charge is 0.337 e. The van der Waals surface area contributed by atoms with Crippen molar-refractivity contribution >= 4 is 38.4 Å². The number of para-hydroxylation sites is 1. The molecule has 0 unspecified atom stereocenters. The third kappa shape index (κ3) is 4.05. The van der Waals surface area contributed by atoms with Crippen LogP contribution in [0.4, 0.5) is 5.69 Å². The molecule has 1 saturated heterocycles. The van der Waals surface area contributed by atoms with E-state index in [1.165, 1.54) is 24.3 Å². The van der Waals surface area contributed by atoms with Crippen LogP contribution in [0.2, 0.25) is 0 Å². The first-order valence-electron chi connectivity index (χ1n) is 9.49. The summed E-state index contributed by atoms with van der Waals surface area (Å²) in [6.07, 6.45) is 1.07. The maximum absolute atomic E-state index is 12.8. The number of H-pyrrole nitrogens is 1. The number of primary sulfonamides is 1. The fourth-order valence-corrected chi connectivity index (χ4v) is 4.11. The summed E-state index contributed by atoms with van der Waals surface area (Å²) in [5.41, 5.74) is 1.70. The smallest absolute Gasteiger partial charge is 0.274 e. The molecule has 1 fully saturated rings. The quantitative estimate of drug-likeness (QED) is 0.582. The number of carbonyl (C=O) groups is 2. The monoisotopic (exact) mass is 427 g/mol. The number of sulfonamides is 1. The van der Waals surface area contributed by atoms with Crippen molar-refractivity contribution < 1.29 is 18.0 Å². The van der Waals surface area contributed by atoms with Crippen LogP contribution in [0.5, 0.6) is 0 Å². The summed E-state index contributed by atoms with van der Waals surface area (Å²) < 4.78 is 22.6. The zero-order valence-electron chi connectivity index (χ0n) is 16.0. The summed E-state index contributed by atoms with van der Waals surface area (Å²) in [6.45, 7) is 0.922. The first kappa shape index (κ1) is 20.0. The zero-order valence-corrected chi connectivity index (χ0v) is 16.9. The molecule has 3 aromatic rings. The molecular weight excluding hydrogens is 406 g/mol. The van der Waals surface area contributed by atoms with E-state index in [2.05, 4.69) is 15.5 Å². The molecule has 4 rings (SSSR count). The van der Waals surface area contributed by atoms with Gasteiger partial charge in [-0.25, -0.2) is 13.6 Å². The van der Waals surface area contributed by atoms with E-state index in [0.717, 1.165) is 10.9 Å². The molecule has 9 nitrogen and oxygen atoms in total. The number of benzene rings is 2. The van der Waals surface area contributed by atoms with Crippen LogP contribution in [0.25, 0.3) is 10.9 Å². The number of aromatic nitrogens is 2. The number of nitrogens with zero attached hydrogens (tertiary/aromatic N) is 2. The maximum atomic E-state index is 12.8. The van der Waals surface area contributed by atoms with Gasteiger partial charge in [-0.05, 0) is 43.2 Å². The average Bonchev–Trinajstić information content (AvgIpc) is 3.17. The van der Waals surface area contributed by atoms with E-state index in [1.54, 1.807) is 4.90 Å². The van der Waals surface area contributed by atoms with Gasteiger partial charge in [0.2, 0.25) is 15.9 Å². The van der Waals surface area contributed by atoms with Gasteiger partial charge in [-0.1, -0.05) is 18.2 Å². The lowest BCUT2D eigenvalue weighted by Gasteiger charge is -2.31. The van der Waals surface area contributed by atoms with Crippen LogP contribution in [-0.4, -0.2) is 48.4 Å². The van der Waals surface area contributed by atoms with Crippen molar-refractivity contribution in [3.8, 4) is 0 Å². The molecule has 0 bridgehead atoms. The van der Waals surface area contributed by atoms with Gasteiger partial charge in [0.1, 0.15) is 0 Å². The van der Waals surface area contributed by atoms with E-state index < -0.39 is 10.0 Å². The summed E-state index contributed by atoms with van der Waals surface area (Å²) in [7, 11) is -3.77. The van der Waals surface area contributed by atoms with Crippen molar-refractivity contribution in [3.63, 3.8) is 0 Å². The fraction of sp³-hybridized carbons (Fsp3) is 0.250. The van der Waals surface area contributed by atoms with Crippen LogP contribution in [0, 0.1) is 5.92 Å². The second-order valence-corrected chi connectivity index (χ2v) is 8.80. The van der Waals surface area contributed by atoms with Crippen LogP contribution in [0.15, 0.2) is 53.4 Å². The molecule has 30 heavy (non-hydrogen) atoms. The molecular formula is C20H21N5O4S. The highest BCUT2D eigenvalue weighted by atomic mass is 32.2. The molecule has 2 amide bonds. The summed E-state index contributed by atoms with van der Waals surface area (Å²) >= 11 is 0. The van der Waals surface area contributed by atoms with E-state index in [0.29, 0.717) is 37.3 Å². The third-order valence-electron chi connectivity index (χ3n) is 5.28. The Balaban J connectivity index is 1.36. The summed E-state index contributed by atoms with van der Waals surface area (Å²) in [5, 5.41) is 15.7. The number of aromatic amines is 1. The standard InChI is InChI=1S/C20H21N5O4S/c21-30(28,29)15-7-5-14(6-8-15)22-19(26)13-9-11-25(12-10-13)20(27)18-16-3-1-2-4-17(16)23-24-18/h1-8,13H,9-12H2,(H,22,26)(H,23,24)(H2,21,28,29). The van der Waals surface area contributed by atoms with Crippen LogP contribution < -0.4 is 10.5 Å². The number of amides is 2. The van der Waals surface area contributed by atoms with Gasteiger partial charge in [0.15, 0.2) is 5.69 Å². The first-order valence-corrected chi connectivity index (χ1v) is 11.0. The molecule has 1 aliphatic heterocycles. The minimum absolute atomic E-state index is 0.0155. The van der Waals surface area contributed by atoms with Gasteiger partial charge in [0, 0.05) is 30.1 Å². The van der Waals surface area contributed by atoms with Crippen molar-refractivity contribution in [2.24, 2.45) is 11.1 Å². The Bertz CT molecular complexity index is 1200. The predicted octanol–water partition coefficient (Wildman–Crippen LogP) is 1.70. The molecule has 2 heterocycles. The maximum Gasteiger partial charge on any atom is 0.274 e. The molecule has 0 spiro atoms. The summed E-state index contributed by atoms with van der Waals surface area (Å²) in [4.78, 5) is 27.1.